The summed E-state index contributed by atoms with van der Waals surface area (Å²) in [6.07, 6.45) is 0.766. The van der Waals surface area contributed by atoms with Crippen molar-refractivity contribution in [1.29, 1.82) is 0 Å². The number of hydrogen-bond acceptors (Lipinski definition) is 6. The molecule has 2 aromatic rings. The molecule has 0 aliphatic carbocycles. The second-order valence-electron chi connectivity index (χ2n) is 7.66. The van der Waals surface area contributed by atoms with Crippen LogP contribution in [0.2, 0.25) is 0 Å². The van der Waals surface area contributed by atoms with E-state index in [1.54, 1.807) is 11.6 Å². The zero-order valence-corrected chi connectivity index (χ0v) is 16.4. The summed E-state index contributed by atoms with van der Waals surface area (Å²) in [6.45, 7) is 9.12. The lowest BCUT2D eigenvalue weighted by atomic mass is 9.98. The van der Waals surface area contributed by atoms with Crippen LogP contribution < -0.4 is 11.2 Å². The average molecular weight is 379 g/mol. The van der Waals surface area contributed by atoms with Crippen molar-refractivity contribution in [3.63, 3.8) is 0 Å². The normalized spacial score (nSPS) is 20.4. The molecule has 0 saturated carbocycles. The molecule has 7 nitrogen and oxygen atoms in total. The van der Waals surface area contributed by atoms with Crippen LogP contribution in [0.4, 0.5) is 0 Å². The van der Waals surface area contributed by atoms with Crippen molar-refractivity contribution in [2.24, 2.45) is 7.05 Å². The molecule has 0 atom stereocenters. The lowest BCUT2D eigenvalue weighted by Gasteiger charge is -2.30. The van der Waals surface area contributed by atoms with E-state index in [1.807, 2.05) is 0 Å². The Hall–Kier alpha value is -1.48. The Bertz CT molecular complexity index is 950. The SMILES string of the molecule is Cn1c(=O)c2sc3c(c2n(CCN2CCOCC2)c1=O)COC(C)(C)C3. The molecule has 8 heteroatoms. The molecular weight excluding hydrogens is 354 g/mol. The fourth-order valence-electron chi connectivity index (χ4n) is 3.72. The van der Waals surface area contributed by atoms with Crippen molar-refractivity contribution < 1.29 is 9.47 Å². The molecule has 4 rings (SSSR count). The van der Waals surface area contributed by atoms with Gasteiger partial charge in [-0.2, -0.15) is 0 Å². The topological polar surface area (TPSA) is 65.7 Å². The smallest absolute Gasteiger partial charge is 0.331 e. The summed E-state index contributed by atoms with van der Waals surface area (Å²) in [4.78, 5) is 29.0. The van der Waals surface area contributed by atoms with E-state index in [1.165, 1.54) is 20.8 Å². The van der Waals surface area contributed by atoms with Crippen molar-refractivity contribution in [3.8, 4) is 0 Å². The molecule has 2 aliphatic heterocycles. The van der Waals surface area contributed by atoms with E-state index in [0.29, 0.717) is 17.9 Å². The lowest BCUT2D eigenvalue weighted by Crippen LogP contribution is -2.42. The molecule has 0 N–H and O–H groups in total. The van der Waals surface area contributed by atoms with Gasteiger partial charge in [-0.3, -0.25) is 18.8 Å². The van der Waals surface area contributed by atoms with Gasteiger partial charge in [-0.25, -0.2) is 4.79 Å². The summed E-state index contributed by atoms with van der Waals surface area (Å²) in [7, 11) is 1.56. The molecule has 4 heterocycles. The van der Waals surface area contributed by atoms with Gasteiger partial charge in [0.2, 0.25) is 0 Å². The highest BCUT2D eigenvalue weighted by atomic mass is 32.1. The minimum atomic E-state index is -0.249. The first kappa shape index (κ1) is 17.9. The van der Waals surface area contributed by atoms with Crippen molar-refractivity contribution in [3.05, 3.63) is 31.3 Å². The van der Waals surface area contributed by atoms with Crippen LogP contribution in [-0.2, 0) is 36.1 Å². The Morgan fingerprint density at radius 3 is 2.62 bits per heavy atom. The van der Waals surface area contributed by atoms with E-state index < -0.39 is 0 Å². The maximum Gasteiger partial charge on any atom is 0.331 e. The Kier molecular flexibility index (Phi) is 4.54. The molecule has 0 spiro atoms. The summed E-state index contributed by atoms with van der Waals surface area (Å²) in [6, 6.07) is 0. The van der Waals surface area contributed by atoms with Gasteiger partial charge in [-0.15, -0.1) is 11.3 Å². The van der Waals surface area contributed by atoms with E-state index in [-0.39, 0.29) is 16.9 Å². The second kappa shape index (κ2) is 6.60. The highest BCUT2D eigenvalue weighted by molar-refractivity contribution is 7.19. The Morgan fingerprint density at radius 1 is 1.15 bits per heavy atom. The van der Waals surface area contributed by atoms with Gasteiger partial charge in [-0.1, -0.05) is 0 Å². The van der Waals surface area contributed by atoms with E-state index in [0.717, 1.165) is 50.3 Å². The predicted molar refractivity (Wildman–Crippen MR) is 101 cm³/mol. The number of morpholine rings is 1. The van der Waals surface area contributed by atoms with Crippen LogP contribution in [0.3, 0.4) is 0 Å². The number of aromatic nitrogens is 2. The third-order valence-electron chi connectivity index (χ3n) is 5.29. The molecule has 142 valence electrons. The van der Waals surface area contributed by atoms with Gasteiger partial charge >= 0.3 is 5.69 Å². The highest BCUT2D eigenvalue weighted by Gasteiger charge is 2.31. The van der Waals surface area contributed by atoms with Crippen LogP contribution in [-0.4, -0.2) is 52.5 Å². The second-order valence-corrected chi connectivity index (χ2v) is 8.76. The summed E-state index contributed by atoms with van der Waals surface area (Å²) >= 11 is 1.52. The number of nitrogens with zero attached hydrogens (tertiary/aromatic N) is 3. The van der Waals surface area contributed by atoms with Crippen LogP contribution in [0.1, 0.15) is 24.3 Å². The van der Waals surface area contributed by atoms with Crippen LogP contribution in [0, 0.1) is 0 Å². The first-order chi connectivity index (χ1) is 12.4. The molecule has 2 aliphatic rings. The summed E-state index contributed by atoms with van der Waals surface area (Å²) < 4.78 is 15.0. The minimum absolute atomic E-state index is 0.204. The Morgan fingerprint density at radius 2 is 1.88 bits per heavy atom. The third-order valence-corrected chi connectivity index (χ3v) is 6.50. The van der Waals surface area contributed by atoms with Gasteiger partial charge < -0.3 is 9.47 Å². The molecule has 0 amide bonds. The van der Waals surface area contributed by atoms with Crippen LogP contribution in [0.15, 0.2) is 9.59 Å². The van der Waals surface area contributed by atoms with Gasteiger partial charge in [0.05, 0.1) is 30.9 Å². The molecule has 0 aromatic carbocycles. The molecule has 1 saturated heterocycles. The fourth-order valence-corrected chi connectivity index (χ4v) is 5.22. The van der Waals surface area contributed by atoms with E-state index in [2.05, 4.69) is 18.7 Å². The molecule has 0 bridgehead atoms. The van der Waals surface area contributed by atoms with Crippen molar-refractivity contribution >= 4 is 21.6 Å². The summed E-state index contributed by atoms with van der Waals surface area (Å²) in [5.74, 6) is 0. The molecule has 1 fully saturated rings. The largest absolute Gasteiger partial charge is 0.379 e. The number of ether oxygens (including phenoxy) is 2. The van der Waals surface area contributed by atoms with E-state index >= 15 is 0 Å². The summed E-state index contributed by atoms with van der Waals surface area (Å²) in [5.41, 5.74) is 1.10. The first-order valence-corrected chi connectivity index (χ1v) is 9.87. The molecule has 0 radical (unpaired) electrons. The molecule has 26 heavy (non-hydrogen) atoms. The standard InChI is InChI=1S/C18H25N3O4S/c1-18(2)10-13-12(11-25-18)14-15(26-13)16(22)19(3)17(23)21(14)5-4-20-6-8-24-9-7-20/h4-11H2,1-3H3. The monoisotopic (exact) mass is 379 g/mol. The highest BCUT2D eigenvalue weighted by Crippen LogP contribution is 2.37. The van der Waals surface area contributed by atoms with E-state index in [9.17, 15) is 9.59 Å². The van der Waals surface area contributed by atoms with Crippen LogP contribution in [0.25, 0.3) is 10.2 Å². The van der Waals surface area contributed by atoms with Crippen molar-refractivity contribution in [1.82, 2.24) is 14.0 Å². The predicted octanol–water partition coefficient (Wildman–Crippen LogP) is 0.945. The van der Waals surface area contributed by atoms with Gasteiger partial charge in [0, 0.05) is 50.1 Å². The number of hydrogen-bond donors (Lipinski definition) is 0. The molecule has 0 unspecified atom stereocenters. The van der Waals surface area contributed by atoms with Crippen LogP contribution >= 0.6 is 11.3 Å². The number of thiophene rings is 1. The Balaban J connectivity index is 1.79. The average Bonchev–Trinajstić information content (AvgIpc) is 2.98. The van der Waals surface area contributed by atoms with Gasteiger partial charge in [0.25, 0.3) is 5.56 Å². The zero-order valence-electron chi connectivity index (χ0n) is 15.5. The lowest BCUT2D eigenvalue weighted by molar-refractivity contribution is -0.0384. The minimum Gasteiger partial charge on any atom is -0.379 e. The van der Waals surface area contributed by atoms with E-state index in [4.69, 9.17) is 9.47 Å². The Labute approximate surface area is 155 Å². The first-order valence-electron chi connectivity index (χ1n) is 9.05. The summed E-state index contributed by atoms with van der Waals surface area (Å²) in [5, 5.41) is 0. The fraction of sp³-hybridized carbons (Fsp3) is 0.667. The van der Waals surface area contributed by atoms with Crippen molar-refractivity contribution in [2.75, 3.05) is 32.8 Å². The van der Waals surface area contributed by atoms with Gasteiger partial charge in [0.1, 0.15) is 4.70 Å². The molecule has 2 aromatic heterocycles. The quantitative estimate of drug-likeness (QED) is 0.794. The van der Waals surface area contributed by atoms with Crippen molar-refractivity contribution in [2.45, 2.75) is 39.0 Å². The van der Waals surface area contributed by atoms with Gasteiger partial charge in [-0.05, 0) is 13.8 Å². The molecular formula is C18H25N3O4S. The maximum absolute atomic E-state index is 12.8. The third kappa shape index (κ3) is 3.05. The maximum atomic E-state index is 12.8. The zero-order chi connectivity index (χ0) is 18.5. The van der Waals surface area contributed by atoms with Crippen LogP contribution in [0.5, 0.6) is 0 Å². The number of rotatable bonds is 3. The van der Waals surface area contributed by atoms with Gasteiger partial charge in [0.15, 0.2) is 0 Å². The number of fused-ring (bicyclic) bond motifs is 3.